The molecule has 0 heterocycles. The van der Waals surface area contributed by atoms with Crippen LogP contribution in [0.2, 0.25) is 0 Å². The number of nitrogens with two attached hydrogens (primary N) is 1. The monoisotopic (exact) mass is 455 g/mol. The van der Waals surface area contributed by atoms with E-state index in [4.69, 9.17) is 19.9 Å². The van der Waals surface area contributed by atoms with Crippen LogP contribution >= 0.6 is 0 Å². The summed E-state index contributed by atoms with van der Waals surface area (Å²) in [6.45, 7) is -0.0948. The maximum absolute atomic E-state index is 12.8. The van der Waals surface area contributed by atoms with Gasteiger partial charge in [-0.15, -0.1) is 0 Å². The maximum Gasteiger partial charge on any atom is 0.255 e. The normalized spacial score (nSPS) is 13.3. The molecule has 1 fully saturated rings. The van der Waals surface area contributed by atoms with Crippen LogP contribution < -0.4 is 30.6 Å². The van der Waals surface area contributed by atoms with Gasteiger partial charge in [-0.05, 0) is 42.7 Å². The maximum atomic E-state index is 12.8. The van der Waals surface area contributed by atoms with Gasteiger partial charge in [-0.2, -0.15) is 0 Å². The second-order valence-corrected chi connectivity index (χ2v) is 7.82. The van der Waals surface area contributed by atoms with Gasteiger partial charge in [0.15, 0.2) is 18.1 Å². The highest BCUT2D eigenvalue weighted by molar-refractivity contribution is 5.96. The molecule has 0 bridgehead atoms. The molecule has 0 radical (unpaired) electrons. The second kappa shape index (κ2) is 11.2. The Balaban J connectivity index is 1.66. The van der Waals surface area contributed by atoms with E-state index < -0.39 is 5.91 Å². The lowest BCUT2D eigenvalue weighted by molar-refractivity contribution is -0.120. The van der Waals surface area contributed by atoms with Gasteiger partial charge in [0.25, 0.3) is 11.8 Å². The van der Waals surface area contributed by atoms with Crippen molar-refractivity contribution in [2.45, 2.75) is 32.2 Å². The number of anilines is 1. The van der Waals surface area contributed by atoms with E-state index in [9.17, 15) is 14.4 Å². The quantitative estimate of drug-likeness (QED) is 0.505. The van der Waals surface area contributed by atoms with E-state index in [0.29, 0.717) is 11.3 Å². The summed E-state index contributed by atoms with van der Waals surface area (Å²) in [6.07, 6.45) is 4.05. The van der Waals surface area contributed by atoms with Crippen LogP contribution in [-0.2, 0) is 16.1 Å². The van der Waals surface area contributed by atoms with Crippen LogP contribution in [-0.4, -0.2) is 38.5 Å². The van der Waals surface area contributed by atoms with Gasteiger partial charge in [0.2, 0.25) is 11.7 Å². The van der Waals surface area contributed by atoms with Crippen molar-refractivity contribution in [2.24, 2.45) is 11.7 Å². The van der Waals surface area contributed by atoms with Gasteiger partial charge < -0.3 is 30.6 Å². The van der Waals surface area contributed by atoms with Crippen LogP contribution in [0, 0.1) is 5.92 Å². The Kier molecular flexibility index (Phi) is 8.12. The number of benzene rings is 2. The molecular formula is C24H29N3O6. The number of amides is 3. The molecule has 2 aromatic carbocycles. The van der Waals surface area contributed by atoms with Gasteiger partial charge in [-0.1, -0.05) is 25.0 Å². The molecule has 0 aromatic heterocycles. The molecule has 4 N–H and O–H groups in total. The number of methoxy groups -OCH3 is 2. The zero-order chi connectivity index (χ0) is 23.8. The van der Waals surface area contributed by atoms with Crippen molar-refractivity contribution >= 4 is 23.4 Å². The number of carbonyl (C=O) groups is 3. The molecule has 2 aromatic rings. The highest BCUT2D eigenvalue weighted by Gasteiger charge is 2.22. The molecular weight excluding hydrogens is 426 g/mol. The number of hydrogen-bond donors (Lipinski definition) is 3. The van der Waals surface area contributed by atoms with Crippen molar-refractivity contribution in [2.75, 3.05) is 26.1 Å². The Hall–Kier alpha value is -3.75. The first-order valence-electron chi connectivity index (χ1n) is 10.8. The fourth-order valence-electron chi connectivity index (χ4n) is 3.77. The molecule has 0 saturated heterocycles. The minimum absolute atomic E-state index is 0.0477. The second-order valence-electron chi connectivity index (χ2n) is 7.82. The Bertz CT molecular complexity index is 992. The summed E-state index contributed by atoms with van der Waals surface area (Å²) in [6, 6.07) is 10.4. The molecule has 9 heteroatoms. The molecule has 0 spiro atoms. The Morgan fingerprint density at radius 2 is 1.70 bits per heavy atom. The lowest BCUT2D eigenvalue weighted by atomic mass is 10.1. The minimum atomic E-state index is -0.650. The largest absolute Gasteiger partial charge is 0.493 e. The zero-order valence-electron chi connectivity index (χ0n) is 18.8. The zero-order valence-corrected chi connectivity index (χ0v) is 18.8. The van der Waals surface area contributed by atoms with E-state index in [0.717, 1.165) is 31.2 Å². The average molecular weight is 456 g/mol. The summed E-state index contributed by atoms with van der Waals surface area (Å²) in [5.74, 6) is -0.230. The van der Waals surface area contributed by atoms with E-state index in [1.807, 2.05) is 24.3 Å². The first kappa shape index (κ1) is 23.9. The Labute approximate surface area is 192 Å². The SMILES string of the molecule is COc1cc(C(=O)NCc2cccc(NC(=O)C3CCCC3)c2)cc(OC)c1OCC(N)=O. The van der Waals surface area contributed by atoms with Crippen LogP contribution in [0.3, 0.4) is 0 Å². The summed E-state index contributed by atoms with van der Waals surface area (Å²) < 4.78 is 15.9. The fourth-order valence-corrected chi connectivity index (χ4v) is 3.77. The van der Waals surface area contributed by atoms with Crippen molar-refractivity contribution in [3.8, 4) is 17.2 Å². The van der Waals surface area contributed by atoms with E-state index in [2.05, 4.69) is 10.6 Å². The molecule has 3 rings (SSSR count). The summed E-state index contributed by atoms with van der Waals surface area (Å²) in [5, 5.41) is 5.81. The molecule has 0 aliphatic heterocycles. The number of ether oxygens (including phenoxy) is 3. The summed E-state index contributed by atoms with van der Waals surface area (Å²) in [7, 11) is 2.83. The van der Waals surface area contributed by atoms with Crippen molar-refractivity contribution in [3.63, 3.8) is 0 Å². The van der Waals surface area contributed by atoms with Gasteiger partial charge in [-0.3, -0.25) is 14.4 Å². The van der Waals surface area contributed by atoms with Gasteiger partial charge in [0.1, 0.15) is 0 Å². The number of primary amides is 1. The summed E-state index contributed by atoms with van der Waals surface area (Å²) in [5.41, 5.74) is 6.97. The molecule has 3 amide bonds. The smallest absolute Gasteiger partial charge is 0.255 e. The predicted molar refractivity (Wildman–Crippen MR) is 122 cm³/mol. The Morgan fingerprint density at radius 3 is 2.30 bits per heavy atom. The third-order valence-electron chi connectivity index (χ3n) is 5.46. The van der Waals surface area contributed by atoms with Crippen LogP contribution in [0.5, 0.6) is 17.2 Å². The molecule has 0 atom stereocenters. The number of carbonyl (C=O) groups excluding carboxylic acids is 3. The van der Waals surface area contributed by atoms with E-state index in [1.54, 1.807) is 0 Å². The Morgan fingerprint density at radius 1 is 1.03 bits per heavy atom. The summed E-state index contributed by atoms with van der Waals surface area (Å²) in [4.78, 5) is 36.2. The molecule has 176 valence electrons. The van der Waals surface area contributed by atoms with E-state index in [1.165, 1.54) is 26.4 Å². The third kappa shape index (κ3) is 6.38. The third-order valence-corrected chi connectivity index (χ3v) is 5.46. The van der Waals surface area contributed by atoms with Crippen molar-refractivity contribution < 1.29 is 28.6 Å². The molecule has 9 nitrogen and oxygen atoms in total. The average Bonchev–Trinajstić information content (AvgIpc) is 3.36. The topological polar surface area (TPSA) is 129 Å². The van der Waals surface area contributed by atoms with Crippen LogP contribution in [0.25, 0.3) is 0 Å². The molecule has 1 aliphatic carbocycles. The summed E-state index contributed by atoms with van der Waals surface area (Å²) >= 11 is 0. The molecule has 1 saturated carbocycles. The van der Waals surface area contributed by atoms with Gasteiger partial charge in [0.05, 0.1) is 14.2 Å². The highest BCUT2D eigenvalue weighted by Crippen LogP contribution is 2.38. The minimum Gasteiger partial charge on any atom is -0.493 e. The number of rotatable bonds is 10. The van der Waals surface area contributed by atoms with Crippen molar-refractivity contribution in [1.29, 1.82) is 0 Å². The number of nitrogens with one attached hydrogen (secondary N) is 2. The van der Waals surface area contributed by atoms with E-state index >= 15 is 0 Å². The lowest BCUT2D eigenvalue weighted by Crippen LogP contribution is -2.24. The molecule has 33 heavy (non-hydrogen) atoms. The van der Waals surface area contributed by atoms with Crippen LogP contribution in [0.4, 0.5) is 5.69 Å². The molecule has 1 aliphatic rings. The standard InChI is InChI=1S/C24H29N3O6/c1-31-19-11-17(12-20(32-2)22(19)33-14-21(25)28)23(29)26-13-15-6-5-9-18(10-15)27-24(30)16-7-3-4-8-16/h5-6,9-12,16H,3-4,7-8,13-14H2,1-2H3,(H2,25,28)(H,26,29)(H,27,30). The lowest BCUT2D eigenvalue weighted by Gasteiger charge is -2.15. The first-order valence-corrected chi connectivity index (χ1v) is 10.8. The highest BCUT2D eigenvalue weighted by atomic mass is 16.5. The fraction of sp³-hybridized carbons (Fsp3) is 0.375. The van der Waals surface area contributed by atoms with Gasteiger partial charge in [0, 0.05) is 23.7 Å². The van der Waals surface area contributed by atoms with E-state index in [-0.39, 0.29) is 48.1 Å². The van der Waals surface area contributed by atoms with Gasteiger partial charge in [-0.25, -0.2) is 0 Å². The van der Waals surface area contributed by atoms with Crippen LogP contribution in [0.1, 0.15) is 41.6 Å². The van der Waals surface area contributed by atoms with Crippen molar-refractivity contribution in [1.82, 2.24) is 5.32 Å². The van der Waals surface area contributed by atoms with Crippen LogP contribution in [0.15, 0.2) is 36.4 Å². The predicted octanol–water partition coefficient (Wildman–Crippen LogP) is 2.63. The van der Waals surface area contributed by atoms with Gasteiger partial charge >= 0.3 is 0 Å². The number of hydrogen-bond acceptors (Lipinski definition) is 6. The van der Waals surface area contributed by atoms with Crippen molar-refractivity contribution in [3.05, 3.63) is 47.5 Å². The first-order chi connectivity index (χ1) is 15.9. The molecule has 0 unspecified atom stereocenters.